The number of carboxylic acids is 1. The topological polar surface area (TPSA) is 279 Å². The Morgan fingerprint density at radius 2 is 0.863 bits per heavy atom. The Kier molecular flexibility index (Phi) is 18.6. The second-order valence-electron chi connectivity index (χ2n) is 11.9. The standard InChI is InChI=1S/C34H50N6O11/c41-25-11-5-9-23(29(25)45)31(47)39-19-7-15-35-13-1-3-17-37-27(43)21-34(51,33(49)50)22-28(44)38-18-4-2-14-36-16-8-20-40-32(48)24-10-6-12-26(42)30(24)46/h5-6,9-12,35-36,41-42,45-46,51H,1-4,7-8,13-22H2,(H,37,43)(H,38,44)(H,39,47)(H,40,48)(H,49,50). The molecule has 17 nitrogen and oxygen atoms in total. The lowest BCUT2D eigenvalue weighted by molar-refractivity contribution is -0.164. The normalized spacial score (nSPS) is 11.1. The van der Waals surface area contributed by atoms with Crippen molar-refractivity contribution in [3.05, 3.63) is 47.5 Å². The second kappa shape index (κ2) is 22.6. The molecule has 0 radical (unpaired) electrons. The summed E-state index contributed by atoms with van der Waals surface area (Å²) in [7, 11) is 0. The Morgan fingerprint density at radius 3 is 1.25 bits per heavy atom. The molecule has 51 heavy (non-hydrogen) atoms. The molecule has 282 valence electrons. The van der Waals surface area contributed by atoms with E-state index in [4.69, 9.17) is 0 Å². The summed E-state index contributed by atoms with van der Waals surface area (Å²) < 4.78 is 0. The van der Waals surface area contributed by atoms with Gasteiger partial charge in [0.05, 0.1) is 24.0 Å². The van der Waals surface area contributed by atoms with Crippen molar-refractivity contribution in [3.63, 3.8) is 0 Å². The number of hydrogen-bond donors (Lipinski definition) is 12. The summed E-state index contributed by atoms with van der Waals surface area (Å²) in [5.74, 6) is -5.76. The minimum Gasteiger partial charge on any atom is -0.504 e. The lowest BCUT2D eigenvalue weighted by Crippen LogP contribution is -2.47. The van der Waals surface area contributed by atoms with Gasteiger partial charge in [0.2, 0.25) is 11.8 Å². The van der Waals surface area contributed by atoms with E-state index in [9.17, 15) is 54.6 Å². The highest BCUT2D eigenvalue weighted by atomic mass is 16.4. The Bertz CT molecular complexity index is 1360. The van der Waals surface area contributed by atoms with E-state index in [1.807, 2.05) is 0 Å². The lowest BCUT2D eigenvalue weighted by Gasteiger charge is -2.22. The van der Waals surface area contributed by atoms with Gasteiger partial charge in [-0.25, -0.2) is 4.79 Å². The van der Waals surface area contributed by atoms with Crippen LogP contribution in [0.3, 0.4) is 0 Å². The van der Waals surface area contributed by atoms with Crippen LogP contribution < -0.4 is 31.9 Å². The van der Waals surface area contributed by atoms with Crippen LogP contribution in [0.5, 0.6) is 23.0 Å². The maximum atomic E-state index is 12.3. The smallest absolute Gasteiger partial charge is 0.336 e. The van der Waals surface area contributed by atoms with E-state index >= 15 is 0 Å². The molecule has 17 heteroatoms. The highest BCUT2D eigenvalue weighted by Crippen LogP contribution is 2.28. The Labute approximate surface area is 295 Å². The predicted octanol–water partition coefficient (Wildman–Crippen LogP) is 0.0169. The van der Waals surface area contributed by atoms with Crippen molar-refractivity contribution in [2.24, 2.45) is 0 Å². The van der Waals surface area contributed by atoms with Crippen molar-refractivity contribution in [2.75, 3.05) is 52.4 Å². The predicted molar refractivity (Wildman–Crippen MR) is 185 cm³/mol. The van der Waals surface area contributed by atoms with Crippen LogP contribution in [0, 0.1) is 0 Å². The Balaban J connectivity index is 1.48. The molecule has 0 spiro atoms. The number of aliphatic hydroxyl groups is 1. The van der Waals surface area contributed by atoms with Crippen molar-refractivity contribution in [2.45, 2.75) is 57.0 Å². The van der Waals surface area contributed by atoms with Gasteiger partial charge in [0.15, 0.2) is 28.6 Å². The average Bonchev–Trinajstić information content (AvgIpc) is 3.08. The highest BCUT2D eigenvalue weighted by Gasteiger charge is 2.40. The van der Waals surface area contributed by atoms with Gasteiger partial charge >= 0.3 is 5.97 Å². The van der Waals surface area contributed by atoms with Crippen molar-refractivity contribution >= 4 is 29.6 Å². The minimum atomic E-state index is -2.55. The molecule has 0 aromatic heterocycles. The lowest BCUT2D eigenvalue weighted by atomic mass is 9.94. The fourth-order valence-corrected chi connectivity index (χ4v) is 4.78. The molecule has 0 aliphatic carbocycles. The first-order chi connectivity index (χ1) is 24.4. The molecule has 2 aromatic rings. The number of benzene rings is 2. The maximum absolute atomic E-state index is 12.3. The second-order valence-corrected chi connectivity index (χ2v) is 11.9. The third-order valence-corrected chi connectivity index (χ3v) is 7.66. The van der Waals surface area contributed by atoms with E-state index < -0.39 is 59.5 Å². The van der Waals surface area contributed by atoms with Crippen LogP contribution in [-0.2, 0) is 14.4 Å². The molecule has 0 bridgehead atoms. The van der Waals surface area contributed by atoms with Crippen LogP contribution in [0.15, 0.2) is 36.4 Å². The van der Waals surface area contributed by atoms with E-state index in [0.29, 0.717) is 77.8 Å². The third kappa shape index (κ3) is 15.5. The average molecular weight is 719 g/mol. The zero-order valence-corrected chi connectivity index (χ0v) is 28.5. The molecular formula is C34H50N6O11. The number of phenolic OH excluding ortho intramolecular Hbond substituents is 4. The molecule has 2 aromatic carbocycles. The number of aliphatic carboxylic acids is 1. The molecule has 0 aliphatic rings. The van der Waals surface area contributed by atoms with Crippen LogP contribution in [-0.4, -0.2) is 118 Å². The zero-order chi connectivity index (χ0) is 37.6. The highest BCUT2D eigenvalue weighted by molar-refractivity contribution is 5.98. The zero-order valence-electron chi connectivity index (χ0n) is 28.5. The van der Waals surface area contributed by atoms with Gasteiger partial charge in [0, 0.05) is 26.2 Å². The van der Waals surface area contributed by atoms with E-state index in [0.717, 1.165) is 0 Å². The molecule has 0 fully saturated rings. The first kappa shape index (κ1) is 42.0. The van der Waals surface area contributed by atoms with Crippen LogP contribution in [0.25, 0.3) is 0 Å². The number of amides is 4. The van der Waals surface area contributed by atoms with Crippen molar-refractivity contribution in [3.8, 4) is 23.0 Å². The van der Waals surface area contributed by atoms with Gasteiger partial charge in [-0.15, -0.1) is 0 Å². The van der Waals surface area contributed by atoms with E-state index in [1.165, 1.54) is 36.4 Å². The molecule has 4 amide bonds. The summed E-state index contributed by atoms with van der Waals surface area (Å²) in [6, 6.07) is 8.27. The summed E-state index contributed by atoms with van der Waals surface area (Å²) in [6.07, 6.45) is 2.21. The summed E-state index contributed by atoms with van der Waals surface area (Å²) >= 11 is 0. The van der Waals surface area contributed by atoms with Gasteiger partial charge in [-0.05, 0) is 89.0 Å². The number of aromatic hydroxyl groups is 4. The van der Waals surface area contributed by atoms with Gasteiger partial charge in [0.1, 0.15) is 0 Å². The van der Waals surface area contributed by atoms with Crippen molar-refractivity contribution in [1.82, 2.24) is 31.9 Å². The number of nitrogens with one attached hydrogen (secondary N) is 6. The first-order valence-electron chi connectivity index (χ1n) is 16.8. The SMILES string of the molecule is O=C(CC(O)(CC(=O)NCCCCNCCCNC(=O)c1cccc(O)c1O)C(=O)O)NCCCCNCCCNC(=O)c1cccc(O)c1O. The van der Waals surface area contributed by atoms with Gasteiger partial charge in [-0.1, -0.05) is 12.1 Å². The van der Waals surface area contributed by atoms with Crippen LogP contribution in [0.1, 0.15) is 72.1 Å². The molecule has 12 N–H and O–H groups in total. The molecule has 0 saturated carbocycles. The van der Waals surface area contributed by atoms with Crippen LogP contribution in [0.4, 0.5) is 0 Å². The van der Waals surface area contributed by atoms with Gasteiger partial charge in [-0.2, -0.15) is 0 Å². The fraction of sp³-hybridized carbons (Fsp3) is 0.500. The van der Waals surface area contributed by atoms with Crippen molar-refractivity contribution in [1.29, 1.82) is 0 Å². The van der Waals surface area contributed by atoms with E-state index in [-0.39, 0.29) is 35.7 Å². The summed E-state index contributed by atoms with van der Waals surface area (Å²) in [5.41, 5.74) is -2.58. The van der Waals surface area contributed by atoms with Gasteiger partial charge in [-0.3, -0.25) is 19.2 Å². The first-order valence-corrected chi connectivity index (χ1v) is 16.8. The number of carboxylic acid groups (broad SMARTS) is 1. The molecule has 0 saturated heterocycles. The Hall–Kier alpha value is -5.13. The summed E-state index contributed by atoms with van der Waals surface area (Å²) in [5, 5.41) is 75.3. The molecule has 0 unspecified atom stereocenters. The minimum absolute atomic E-state index is 0.0151. The quantitative estimate of drug-likeness (QED) is 0.0477. The third-order valence-electron chi connectivity index (χ3n) is 7.66. The van der Waals surface area contributed by atoms with E-state index in [2.05, 4.69) is 31.9 Å². The number of unbranched alkanes of at least 4 members (excludes halogenated alkanes) is 2. The molecule has 0 heterocycles. The largest absolute Gasteiger partial charge is 0.504 e. The monoisotopic (exact) mass is 718 g/mol. The molecular weight excluding hydrogens is 668 g/mol. The molecule has 0 aliphatic heterocycles. The summed E-state index contributed by atoms with van der Waals surface area (Å²) in [6.45, 7) is 3.65. The van der Waals surface area contributed by atoms with Crippen LogP contribution in [0.2, 0.25) is 0 Å². The van der Waals surface area contributed by atoms with Crippen molar-refractivity contribution < 1.29 is 54.6 Å². The number of hydrogen-bond acceptors (Lipinski definition) is 12. The van der Waals surface area contributed by atoms with Crippen LogP contribution >= 0.6 is 0 Å². The fourth-order valence-electron chi connectivity index (χ4n) is 4.78. The van der Waals surface area contributed by atoms with E-state index in [1.54, 1.807) is 0 Å². The maximum Gasteiger partial charge on any atom is 0.336 e. The number of para-hydroxylation sites is 2. The Morgan fingerprint density at radius 1 is 0.510 bits per heavy atom. The number of carbonyl (C=O) groups excluding carboxylic acids is 4. The molecule has 2 rings (SSSR count). The number of rotatable bonds is 25. The van der Waals surface area contributed by atoms with Gasteiger partial charge in [0.25, 0.3) is 11.8 Å². The summed E-state index contributed by atoms with van der Waals surface area (Å²) in [4.78, 5) is 60.5. The van der Waals surface area contributed by atoms with Gasteiger partial charge < -0.3 is 62.5 Å². The number of phenols is 4. The number of carbonyl (C=O) groups is 5. The molecule has 0 atom stereocenters.